The lowest BCUT2D eigenvalue weighted by atomic mass is 9.68. The van der Waals surface area contributed by atoms with E-state index in [0.29, 0.717) is 5.46 Å². The van der Waals surface area contributed by atoms with Gasteiger partial charge < -0.3 is 10.0 Å². The first-order chi connectivity index (χ1) is 16.0. The van der Waals surface area contributed by atoms with Crippen LogP contribution in [0.25, 0.3) is 11.1 Å². The predicted molar refractivity (Wildman–Crippen MR) is 146 cm³/mol. The van der Waals surface area contributed by atoms with Gasteiger partial charge in [0.15, 0.2) is 0 Å². The van der Waals surface area contributed by atoms with Crippen LogP contribution >= 0.6 is 15.9 Å². The number of rotatable bonds is 15. The van der Waals surface area contributed by atoms with E-state index in [-0.39, 0.29) is 5.41 Å². The fourth-order valence-electron chi connectivity index (χ4n) is 5.72. The van der Waals surface area contributed by atoms with Crippen LogP contribution in [-0.2, 0) is 5.41 Å². The van der Waals surface area contributed by atoms with E-state index in [9.17, 15) is 10.0 Å². The van der Waals surface area contributed by atoms with Crippen LogP contribution in [0.3, 0.4) is 0 Å². The van der Waals surface area contributed by atoms with Crippen LogP contribution in [0.4, 0.5) is 0 Å². The Kier molecular flexibility index (Phi) is 10.5. The van der Waals surface area contributed by atoms with E-state index < -0.39 is 7.12 Å². The summed E-state index contributed by atoms with van der Waals surface area (Å²) < 4.78 is 1.13. The molecule has 0 heterocycles. The Hall–Kier alpha value is -1.10. The van der Waals surface area contributed by atoms with E-state index in [0.717, 1.165) is 17.3 Å². The first-order valence-electron chi connectivity index (χ1n) is 13.3. The number of halogens is 1. The second-order valence-electron chi connectivity index (χ2n) is 9.99. The second-order valence-corrected chi connectivity index (χ2v) is 10.9. The third-order valence-electron chi connectivity index (χ3n) is 7.56. The molecule has 1 aliphatic rings. The average Bonchev–Trinajstić information content (AvgIpc) is 3.07. The predicted octanol–water partition coefficient (Wildman–Crippen LogP) is 7.90. The van der Waals surface area contributed by atoms with Crippen molar-refractivity contribution in [3.05, 3.63) is 52.0 Å². The molecule has 2 aromatic rings. The maximum Gasteiger partial charge on any atom is 0.488 e. The molecule has 0 fully saturated rings. The van der Waals surface area contributed by atoms with Gasteiger partial charge in [0.1, 0.15) is 0 Å². The minimum atomic E-state index is -1.42. The lowest BCUT2D eigenvalue weighted by molar-refractivity contribution is 0.397. The Balaban J connectivity index is 1.91. The summed E-state index contributed by atoms with van der Waals surface area (Å²) in [6.07, 6.45) is 17.8. The molecule has 180 valence electrons. The molecule has 2 aromatic carbocycles. The summed E-state index contributed by atoms with van der Waals surface area (Å²) in [4.78, 5) is 0. The molecule has 2 nitrogen and oxygen atoms in total. The minimum absolute atomic E-state index is 0.0329. The van der Waals surface area contributed by atoms with Crippen molar-refractivity contribution >= 4 is 28.5 Å². The topological polar surface area (TPSA) is 40.5 Å². The fraction of sp³-hybridized carbons (Fsp3) is 0.586. The first kappa shape index (κ1) is 26.5. The zero-order chi connectivity index (χ0) is 23.7. The van der Waals surface area contributed by atoms with Gasteiger partial charge in [-0.1, -0.05) is 131 Å². The molecule has 0 radical (unpaired) electrons. The van der Waals surface area contributed by atoms with Crippen LogP contribution in [0.1, 0.15) is 115 Å². The largest absolute Gasteiger partial charge is 0.488 e. The average molecular weight is 513 g/mol. The summed E-state index contributed by atoms with van der Waals surface area (Å²) >= 11 is 3.74. The molecule has 33 heavy (non-hydrogen) atoms. The molecular formula is C29H42BBrO2. The van der Waals surface area contributed by atoms with Crippen molar-refractivity contribution < 1.29 is 10.0 Å². The van der Waals surface area contributed by atoms with E-state index in [1.54, 1.807) is 0 Å². The number of hydrogen-bond donors (Lipinski definition) is 2. The van der Waals surface area contributed by atoms with Crippen LogP contribution in [-0.4, -0.2) is 17.2 Å². The van der Waals surface area contributed by atoms with E-state index in [1.165, 1.54) is 99.3 Å². The molecule has 0 saturated heterocycles. The molecule has 0 spiro atoms. The molecule has 4 heteroatoms. The monoisotopic (exact) mass is 512 g/mol. The van der Waals surface area contributed by atoms with Crippen LogP contribution in [0.2, 0.25) is 0 Å². The van der Waals surface area contributed by atoms with E-state index in [1.807, 2.05) is 6.07 Å². The quantitative estimate of drug-likeness (QED) is 0.188. The Bertz CT molecular complexity index is 864. The summed E-state index contributed by atoms with van der Waals surface area (Å²) in [6, 6.07) is 12.8. The Labute approximate surface area is 210 Å². The number of unbranched alkanes of at least 4 members (excludes halogenated alkanes) is 10. The summed E-state index contributed by atoms with van der Waals surface area (Å²) in [6.45, 7) is 4.54. The van der Waals surface area contributed by atoms with Gasteiger partial charge in [-0.15, -0.1) is 0 Å². The van der Waals surface area contributed by atoms with Gasteiger partial charge in [0.25, 0.3) is 0 Å². The number of benzene rings is 2. The van der Waals surface area contributed by atoms with Gasteiger partial charge in [0.2, 0.25) is 0 Å². The highest BCUT2D eigenvalue weighted by Gasteiger charge is 2.42. The summed E-state index contributed by atoms with van der Waals surface area (Å²) in [5, 5.41) is 19.9. The zero-order valence-corrected chi connectivity index (χ0v) is 22.3. The summed E-state index contributed by atoms with van der Waals surface area (Å²) in [5.74, 6) is 0. The Morgan fingerprint density at radius 3 is 1.70 bits per heavy atom. The van der Waals surface area contributed by atoms with Crippen molar-refractivity contribution in [1.82, 2.24) is 0 Å². The highest BCUT2D eigenvalue weighted by molar-refractivity contribution is 9.10. The van der Waals surface area contributed by atoms with Gasteiger partial charge >= 0.3 is 7.12 Å². The lowest BCUT2D eigenvalue weighted by Crippen LogP contribution is -2.32. The van der Waals surface area contributed by atoms with E-state index in [2.05, 4.69) is 60.1 Å². The summed E-state index contributed by atoms with van der Waals surface area (Å²) in [5.41, 5.74) is 5.91. The molecule has 0 aromatic heterocycles. The van der Waals surface area contributed by atoms with E-state index in [4.69, 9.17) is 0 Å². The molecule has 0 amide bonds. The third kappa shape index (κ3) is 6.53. The molecule has 2 N–H and O–H groups in total. The molecule has 3 rings (SSSR count). The standard InChI is InChI=1S/C29H42BBrO2/c1-3-5-7-9-11-13-19-29(20-14-12-10-8-6-4-2)27-21-23(30(32)33)15-17-25(27)26-18-16-24(31)22-28(26)29/h15-18,21-22,32-33H,3-14,19-20H2,1-2H3. The third-order valence-corrected chi connectivity index (χ3v) is 8.05. The number of hydrogen-bond acceptors (Lipinski definition) is 2. The highest BCUT2D eigenvalue weighted by Crippen LogP contribution is 2.54. The lowest BCUT2D eigenvalue weighted by Gasteiger charge is -2.33. The van der Waals surface area contributed by atoms with Crippen molar-refractivity contribution in [2.24, 2.45) is 0 Å². The fourth-order valence-corrected chi connectivity index (χ4v) is 6.08. The molecular weight excluding hydrogens is 471 g/mol. The van der Waals surface area contributed by atoms with Gasteiger partial charge in [-0.2, -0.15) is 0 Å². The molecule has 0 unspecified atom stereocenters. The SMILES string of the molecule is CCCCCCCCC1(CCCCCCCC)c2cc(Br)ccc2-c2ccc(B(O)O)cc21. The minimum Gasteiger partial charge on any atom is -0.423 e. The van der Waals surface area contributed by atoms with Gasteiger partial charge in [-0.3, -0.25) is 0 Å². The molecule has 1 aliphatic carbocycles. The van der Waals surface area contributed by atoms with Crippen molar-refractivity contribution in [3.63, 3.8) is 0 Å². The zero-order valence-electron chi connectivity index (χ0n) is 20.7. The highest BCUT2D eigenvalue weighted by atomic mass is 79.9. The molecule has 0 aliphatic heterocycles. The van der Waals surface area contributed by atoms with Crippen molar-refractivity contribution in [2.75, 3.05) is 0 Å². The van der Waals surface area contributed by atoms with Gasteiger partial charge in [0, 0.05) is 9.89 Å². The maximum atomic E-state index is 9.93. The van der Waals surface area contributed by atoms with Gasteiger partial charge in [-0.05, 0) is 52.7 Å². The van der Waals surface area contributed by atoms with Gasteiger partial charge in [-0.25, -0.2) is 0 Å². The Morgan fingerprint density at radius 1 is 0.667 bits per heavy atom. The Morgan fingerprint density at radius 2 is 1.15 bits per heavy atom. The van der Waals surface area contributed by atoms with Crippen LogP contribution in [0, 0.1) is 0 Å². The van der Waals surface area contributed by atoms with Gasteiger partial charge in [0.05, 0.1) is 0 Å². The molecule has 0 bridgehead atoms. The normalized spacial score (nSPS) is 13.7. The van der Waals surface area contributed by atoms with Crippen molar-refractivity contribution in [3.8, 4) is 11.1 Å². The van der Waals surface area contributed by atoms with Crippen LogP contribution in [0.15, 0.2) is 40.9 Å². The number of fused-ring (bicyclic) bond motifs is 3. The van der Waals surface area contributed by atoms with E-state index >= 15 is 0 Å². The first-order valence-corrected chi connectivity index (χ1v) is 14.1. The van der Waals surface area contributed by atoms with Crippen molar-refractivity contribution in [2.45, 2.75) is 109 Å². The second kappa shape index (κ2) is 13.1. The maximum absolute atomic E-state index is 9.93. The van der Waals surface area contributed by atoms with Crippen molar-refractivity contribution in [1.29, 1.82) is 0 Å². The molecule has 0 saturated carbocycles. The van der Waals surface area contributed by atoms with Crippen LogP contribution in [0.5, 0.6) is 0 Å². The molecule has 0 atom stereocenters. The smallest absolute Gasteiger partial charge is 0.423 e. The van der Waals surface area contributed by atoms with Crippen LogP contribution < -0.4 is 5.46 Å². The summed E-state index contributed by atoms with van der Waals surface area (Å²) in [7, 11) is -1.42.